The van der Waals surface area contributed by atoms with Crippen LogP contribution in [0, 0.1) is 11.3 Å². The quantitative estimate of drug-likeness (QED) is 0.286. The van der Waals surface area contributed by atoms with Crippen LogP contribution in [0.2, 0.25) is 0 Å². The fraction of sp³-hybridized carbons (Fsp3) is 0.720. The fourth-order valence-corrected chi connectivity index (χ4v) is 5.72. The molecule has 0 radical (unpaired) electrons. The highest BCUT2D eigenvalue weighted by atomic mass is 32.2. The van der Waals surface area contributed by atoms with Crippen LogP contribution < -0.4 is 0 Å². The van der Waals surface area contributed by atoms with Gasteiger partial charge in [0.1, 0.15) is 11.7 Å². The maximum Gasteiger partial charge on any atom is 0.309 e. The predicted molar refractivity (Wildman–Crippen MR) is 130 cm³/mol. The first-order valence-corrected chi connectivity index (χ1v) is 12.7. The highest BCUT2D eigenvalue weighted by Gasteiger charge is 2.42. The van der Waals surface area contributed by atoms with Crippen LogP contribution >= 0.6 is 11.8 Å². The Balaban J connectivity index is 2.26. The van der Waals surface area contributed by atoms with Crippen LogP contribution in [-0.4, -0.2) is 64.8 Å². The number of hydrogen-bond acceptors (Lipinski definition) is 6. The smallest absolute Gasteiger partial charge is 0.309 e. The number of likely N-dealkylation sites (tertiary alicyclic amines) is 1. The first-order chi connectivity index (χ1) is 15.1. The van der Waals surface area contributed by atoms with Crippen molar-refractivity contribution in [3.63, 3.8) is 0 Å². The van der Waals surface area contributed by atoms with Crippen molar-refractivity contribution in [1.29, 1.82) is 0 Å². The van der Waals surface area contributed by atoms with Crippen LogP contribution in [0.3, 0.4) is 0 Å². The summed E-state index contributed by atoms with van der Waals surface area (Å²) in [4.78, 5) is 40.7. The van der Waals surface area contributed by atoms with Gasteiger partial charge in [0.25, 0.3) is 0 Å². The van der Waals surface area contributed by atoms with E-state index >= 15 is 0 Å². The zero-order chi connectivity index (χ0) is 23.9. The Morgan fingerprint density at radius 1 is 1.25 bits per heavy atom. The summed E-state index contributed by atoms with van der Waals surface area (Å²) < 4.78 is 5.20. The topological polar surface area (TPSA) is 66.9 Å². The van der Waals surface area contributed by atoms with Crippen molar-refractivity contribution < 1.29 is 19.1 Å². The molecule has 2 heterocycles. The zero-order valence-corrected chi connectivity index (χ0v) is 21.4. The van der Waals surface area contributed by atoms with Crippen molar-refractivity contribution in [3.05, 3.63) is 23.4 Å². The highest BCUT2D eigenvalue weighted by Crippen LogP contribution is 2.40. The molecule has 0 saturated carbocycles. The van der Waals surface area contributed by atoms with E-state index in [4.69, 9.17) is 4.74 Å². The largest absolute Gasteiger partial charge is 0.466 e. The third-order valence-corrected chi connectivity index (χ3v) is 7.66. The second-order valence-corrected chi connectivity index (χ2v) is 11.1. The Hall–Kier alpha value is -1.76. The van der Waals surface area contributed by atoms with E-state index in [1.807, 2.05) is 24.8 Å². The number of carbonyl (C=O) groups is 3. The van der Waals surface area contributed by atoms with E-state index in [0.717, 1.165) is 49.9 Å². The minimum atomic E-state index is -0.319. The van der Waals surface area contributed by atoms with E-state index in [9.17, 15) is 14.4 Å². The van der Waals surface area contributed by atoms with Crippen LogP contribution in [0.1, 0.15) is 67.2 Å². The summed E-state index contributed by atoms with van der Waals surface area (Å²) in [6.07, 6.45) is 7.67. The molecule has 0 aromatic carbocycles. The van der Waals surface area contributed by atoms with Crippen molar-refractivity contribution in [2.45, 2.75) is 77.8 Å². The number of amides is 1. The van der Waals surface area contributed by atoms with E-state index in [-0.39, 0.29) is 40.3 Å². The molecular formula is C25H40N2O4S. The maximum absolute atomic E-state index is 13.1. The summed E-state index contributed by atoms with van der Waals surface area (Å²) >= 11 is 1.59. The third-order valence-electron chi connectivity index (χ3n) is 6.17. The van der Waals surface area contributed by atoms with E-state index in [1.54, 1.807) is 11.8 Å². The van der Waals surface area contributed by atoms with Crippen molar-refractivity contribution in [2.75, 3.05) is 26.2 Å². The lowest BCUT2D eigenvalue weighted by Crippen LogP contribution is -2.40. The van der Waals surface area contributed by atoms with E-state index in [1.165, 1.54) is 0 Å². The number of allylic oxidation sites excluding steroid dienone is 2. The summed E-state index contributed by atoms with van der Waals surface area (Å²) in [5.41, 5.74) is 2.37. The van der Waals surface area contributed by atoms with E-state index in [2.05, 4.69) is 38.7 Å². The molecule has 2 saturated heterocycles. The van der Waals surface area contributed by atoms with Crippen LogP contribution in [0.5, 0.6) is 0 Å². The molecule has 2 aliphatic rings. The van der Waals surface area contributed by atoms with E-state index in [0.29, 0.717) is 13.2 Å². The molecule has 0 aliphatic carbocycles. The number of ether oxygens (including phenoxy) is 1. The summed E-state index contributed by atoms with van der Waals surface area (Å²) in [7, 11) is 0. The van der Waals surface area contributed by atoms with Gasteiger partial charge in [-0.25, -0.2) is 0 Å². The van der Waals surface area contributed by atoms with Crippen LogP contribution in [0.25, 0.3) is 0 Å². The predicted octanol–water partition coefficient (Wildman–Crippen LogP) is 4.41. The molecule has 32 heavy (non-hydrogen) atoms. The molecule has 0 N–H and O–H groups in total. The first-order valence-electron chi connectivity index (χ1n) is 11.8. The molecule has 7 heteroatoms. The molecule has 6 nitrogen and oxygen atoms in total. The number of thioether (sulfide) groups is 1. The number of nitrogens with zero attached hydrogens (tertiary/aromatic N) is 2. The van der Waals surface area contributed by atoms with Gasteiger partial charge in [-0.15, -0.1) is 11.8 Å². The number of esters is 1. The fourth-order valence-electron chi connectivity index (χ4n) is 4.21. The van der Waals surface area contributed by atoms with Crippen molar-refractivity contribution in [2.24, 2.45) is 11.3 Å². The van der Waals surface area contributed by atoms with Gasteiger partial charge in [-0.05, 0) is 45.4 Å². The molecule has 2 fully saturated rings. The van der Waals surface area contributed by atoms with Gasteiger partial charge >= 0.3 is 5.97 Å². The van der Waals surface area contributed by atoms with Gasteiger partial charge in [0.05, 0.1) is 17.8 Å². The summed E-state index contributed by atoms with van der Waals surface area (Å²) in [6.45, 7) is 15.2. The Bertz CT molecular complexity index is 733. The summed E-state index contributed by atoms with van der Waals surface area (Å²) in [6, 6.07) is 0. The molecule has 0 aromatic heterocycles. The highest BCUT2D eigenvalue weighted by molar-refractivity contribution is 8.01. The van der Waals surface area contributed by atoms with E-state index < -0.39 is 0 Å². The molecule has 1 amide bonds. The minimum absolute atomic E-state index is 0.0353. The Morgan fingerprint density at radius 2 is 1.91 bits per heavy atom. The first kappa shape index (κ1) is 26.5. The maximum atomic E-state index is 13.1. The van der Waals surface area contributed by atoms with Crippen molar-refractivity contribution in [3.8, 4) is 0 Å². The van der Waals surface area contributed by atoms with Crippen molar-refractivity contribution >= 4 is 29.9 Å². The lowest BCUT2D eigenvalue weighted by molar-refractivity contribution is -0.149. The SMILES string of the molecule is C/C=C\C(=C(/C)N1CCC(C(=O)OCC)CC1)C1SC(CC=O)C(=O)N1CCC(C)(C)C. The lowest BCUT2D eigenvalue weighted by Gasteiger charge is -2.36. The van der Waals surface area contributed by atoms with Gasteiger partial charge in [-0.1, -0.05) is 32.9 Å². The monoisotopic (exact) mass is 464 g/mol. The van der Waals surface area contributed by atoms with Gasteiger partial charge in [0, 0.05) is 37.3 Å². The van der Waals surface area contributed by atoms with Gasteiger partial charge < -0.3 is 19.3 Å². The summed E-state index contributed by atoms with van der Waals surface area (Å²) in [5.74, 6) is -0.0662. The average molecular weight is 465 g/mol. The second kappa shape index (κ2) is 11.9. The van der Waals surface area contributed by atoms with Crippen LogP contribution in [0.4, 0.5) is 0 Å². The van der Waals surface area contributed by atoms with Crippen molar-refractivity contribution in [1.82, 2.24) is 9.80 Å². The number of rotatable bonds is 9. The average Bonchev–Trinajstić information content (AvgIpc) is 3.05. The molecular weight excluding hydrogens is 424 g/mol. The molecule has 180 valence electrons. The third kappa shape index (κ3) is 6.87. The normalized spacial score (nSPS) is 23.6. The van der Waals surface area contributed by atoms with Crippen LogP contribution in [0.15, 0.2) is 23.4 Å². The summed E-state index contributed by atoms with van der Waals surface area (Å²) in [5, 5.41) is -0.422. The molecule has 2 atom stereocenters. The Labute approximate surface area is 197 Å². The van der Waals surface area contributed by atoms with Gasteiger partial charge in [0.15, 0.2) is 0 Å². The molecule has 2 rings (SSSR count). The number of piperidine rings is 1. The molecule has 2 aliphatic heterocycles. The standard InChI is InChI=1S/C25H40N2O4S/c1-7-9-20(18(3)26-14-10-19(11-15-26)24(30)31-8-2)23-27(16-13-25(4,5)6)22(29)21(32-23)12-17-28/h7,9,17,19,21,23H,8,10-16H2,1-6H3/b9-7-,20-18-. The Kier molecular flexibility index (Phi) is 9.86. The second-order valence-electron chi connectivity index (χ2n) is 9.78. The number of aldehydes is 1. The molecule has 0 bridgehead atoms. The number of carbonyl (C=O) groups excluding carboxylic acids is 3. The van der Waals surface area contributed by atoms with Gasteiger partial charge in [0.2, 0.25) is 5.91 Å². The van der Waals surface area contributed by atoms with Gasteiger partial charge in [-0.2, -0.15) is 0 Å². The minimum Gasteiger partial charge on any atom is -0.466 e. The lowest BCUT2D eigenvalue weighted by atomic mass is 9.92. The van der Waals surface area contributed by atoms with Gasteiger partial charge in [-0.3, -0.25) is 9.59 Å². The van der Waals surface area contributed by atoms with Crippen LogP contribution in [-0.2, 0) is 19.1 Å². The molecule has 2 unspecified atom stereocenters. The molecule has 0 aromatic rings. The zero-order valence-electron chi connectivity index (χ0n) is 20.6. The molecule has 0 spiro atoms. The number of hydrogen-bond donors (Lipinski definition) is 0. The Morgan fingerprint density at radius 3 is 2.44 bits per heavy atom.